The summed E-state index contributed by atoms with van der Waals surface area (Å²) < 4.78 is 10.1. The van der Waals surface area contributed by atoms with Crippen LogP contribution in [0.2, 0.25) is 0 Å². The highest BCUT2D eigenvalue weighted by atomic mass is 35.5. The van der Waals surface area contributed by atoms with Crippen molar-refractivity contribution < 1.29 is 19.1 Å². The summed E-state index contributed by atoms with van der Waals surface area (Å²) in [5.41, 5.74) is -0.574. The van der Waals surface area contributed by atoms with E-state index in [-0.39, 0.29) is 6.07 Å². The quantitative estimate of drug-likeness (QED) is 0.575. The minimum absolute atomic E-state index is 0.197. The number of amides is 1. The van der Waals surface area contributed by atoms with Gasteiger partial charge in [0.15, 0.2) is 6.07 Å². The molecule has 18 heavy (non-hydrogen) atoms. The van der Waals surface area contributed by atoms with Crippen LogP contribution in [0.5, 0.6) is 0 Å². The fourth-order valence-corrected chi connectivity index (χ4v) is 1.97. The van der Waals surface area contributed by atoms with Gasteiger partial charge in [0.2, 0.25) is 0 Å². The summed E-state index contributed by atoms with van der Waals surface area (Å²) in [7, 11) is 0. The van der Waals surface area contributed by atoms with Crippen molar-refractivity contribution in [3.8, 4) is 0 Å². The SMILES string of the molecule is CC(C)(C)OC(=O)N1CCCC[C@H]1C(=O)OCCl. The molecule has 1 aliphatic heterocycles. The number of alkyl halides is 1. The van der Waals surface area contributed by atoms with Gasteiger partial charge in [-0.3, -0.25) is 4.90 Å². The number of esters is 1. The molecule has 1 atom stereocenters. The highest BCUT2D eigenvalue weighted by molar-refractivity contribution is 6.17. The van der Waals surface area contributed by atoms with Crippen LogP contribution >= 0.6 is 11.6 Å². The monoisotopic (exact) mass is 277 g/mol. The molecular formula is C12H20ClNO4. The van der Waals surface area contributed by atoms with Gasteiger partial charge in [0, 0.05) is 6.54 Å². The first-order chi connectivity index (χ1) is 8.35. The van der Waals surface area contributed by atoms with Gasteiger partial charge in [-0.05, 0) is 40.0 Å². The summed E-state index contributed by atoms with van der Waals surface area (Å²) in [5, 5.41) is 0. The van der Waals surface area contributed by atoms with E-state index in [9.17, 15) is 9.59 Å². The summed E-state index contributed by atoms with van der Waals surface area (Å²) in [5.74, 6) is -0.462. The summed E-state index contributed by atoms with van der Waals surface area (Å²) in [6.45, 7) is 5.89. The lowest BCUT2D eigenvalue weighted by atomic mass is 10.0. The van der Waals surface area contributed by atoms with E-state index in [0.29, 0.717) is 13.0 Å². The number of carbonyl (C=O) groups is 2. The molecule has 0 aliphatic carbocycles. The number of hydrogen-bond acceptors (Lipinski definition) is 4. The molecule has 0 N–H and O–H groups in total. The maximum atomic E-state index is 12.0. The molecule has 1 amide bonds. The van der Waals surface area contributed by atoms with E-state index >= 15 is 0 Å². The number of piperidine rings is 1. The Morgan fingerprint density at radius 3 is 2.56 bits per heavy atom. The highest BCUT2D eigenvalue weighted by Crippen LogP contribution is 2.21. The average molecular weight is 278 g/mol. The van der Waals surface area contributed by atoms with Gasteiger partial charge in [-0.1, -0.05) is 11.6 Å². The van der Waals surface area contributed by atoms with E-state index < -0.39 is 23.7 Å². The predicted octanol–water partition coefficient (Wildman–Crippen LogP) is 2.52. The minimum atomic E-state index is -0.577. The van der Waals surface area contributed by atoms with Crippen molar-refractivity contribution in [3.63, 3.8) is 0 Å². The highest BCUT2D eigenvalue weighted by Gasteiger charge is 2.35. The standard InChI is InChI=1S/C12H20ClNO4/c1-12(2,3)18-11(16)14-7-5-4-6-9(14)10(15)17-8-13/h9H,4-8H2,1-3H3/t9-/m0/s1. The lowest BCUT2D eigenvalue weighted by Gasteiger charge is -2.35. The average Bonchev–Trinajstić information content (AvgIpc) is 2.27. The number of likely N-dealkylation sites (tertiary alicyclic amines) is 1. The number of rotatable bonds is 2. The van der Waals surface area contributed by atoms with E-state index in [2.05, 4.69) is 0 Å². The van der Waals surface area contributed by atoms with Gasteiger partial charge >= 0.3 is 12.1 Å². The lowest BCUT2D eigenvalue weighted by molar-refractivity contribution is -0.149. The molecule has 0 aromatic rings. The van der Waals surface area contributed by atoms with Crippen LogP contribution in [0.25, 0.3) is 0 Å². The first kappa shape index (κ1) is 15.1. The van der Waals surface area contributed by atoms with Crippen molar-refractivity contribution in [1.82, 2.24) is 4.90 Å². The Balaban J connectivity index is 2.70. The van der Waals surface area contributed by atoms with Gasteiger partial charge in [0.25, 0.3) is 0 Å². The Hall–Kier alpha value is -0.970. The zero-order valence-corrected chi connectivity index (χ0v) is 11.8. The van der Waals surface area contributed by atoms with Crippen molar-refractivity contribution in [1.29, 1.82) is 0 Å². The predicted molar refractivity (Wildman–Crippen MR) is 67.4 cm³/mol. The van der Waals surface area contributed by atoms with Crippen molar-refractivity contribution >= 4 is 23.7 Å². The second kappa shape index (κ2) is 6.27. The van der Waals surface area contributed by atoms with Crippen LogP contribution in [-0.4, -0.2) is 41.2 Å². The van der Waals surface area contributed by atoms with E-state index in [4.69, 9.17) is 21.1 Å². The number of nitrogens with zero attached hydrogens (tertiary/aromatic N) is 1. The van der Waals surface area contributed by atoms with E-state index in [1.54, 1.807) is 20.8 Å². The number of halogens is 1. The smallest absolute Gasteiger partial charge is 0.411 e. The first-order valence-corrected chi connectivity index (χ1v) is 6.61. The summed E-state index contributed by atoms with van der Waals surface area (Å²) in [4.78, 5) is 25.2. The normalized spacial score (nSPS) is 20.4. The van der Waals surface area contributed by atoms with Crippen molar-refractivity contribution in [2.75, 3.05) is 12.6 Å². The second-order valence-electron chi connectivity index (χ2n) is 5.26. The molecule has 0 bridgehead atoms. The molecule has 0 aromatic carbocycles. The summed E-state index contributed by atoms with van der Waals surface area (Å²) in [6.07, 6.45) is 1.87. The van der Waals surface area contributed by atoms with Crippen LogP contribution in [0.15, 0.2) is 0 Å². The fraction of sp³-hybridized carbons (Fsp3) is 0.833. The van der Waals surface area contributed by atoms with Gasteiger partial charge in [0.05, 0.1) is 0 Å². The Morgan fingerprint density at radius 1 is 1.33 bits per heavy atom. The van der Waals surface area contributed by atoms with E-state index in [1.165, 1.54) is 4.90 Å². The Bertz CT molecular complexity index is 314. The maximum Gasteiger partial charge on any atom is 0.411 e. The third kappa shape index (κ3) is 4.37. The van der Waals surface area contributed by atoms with Crippen LogP contribution in [-0.2, 0) is 14.3 Å². The molecule has 0 saturated carbocycles. The summed E-state index contributed by atoms with van der Waals surface area (Å²) in [6, 6.07) is -0.773. The molecule has 0 aromatic heterocycles. The molecule has 1 rings (SSSR count). The Morgan fingerprint density at radius 2 is 2.00 bits per heavy atom. The molecule has 1 aliphatic rings. The summed E-state index contributed by atoms with van der Waals surface area (Å²) >= 11 is 5.37. The third-order valence-corrected chi connectivity index (χ3v) is 2.71. The molecule has 0 radical (unpaired) electrons. The van der Waals surface area contributed by atoms with Crippen molar-refractivity contribution in [2.45, 2.75) is 51.7 Å². The van der Waals surface area contributed by atoms with Crippen molar-refractivity contribution in [2.24, 2.45) is 0 Å². The van der Waals surface area contributed by atoms with Gasteiger partial charge in [-0.2, -0.15) is 0 Å². The molecule has 6 heteroatoms. The van der Waals surface area contributed by atoms with Crippen LogP contribution in [0.3, 0.4) is 0 Å². The van der Waals surface area contributed by atoms with Crippen LogP contribution in [0, 0.1) is 0 Å². The number of ether oxygens (including phenoxy) is 2. The van der Waals surface area contributed by atoms with Crippen molar-refractivity contribution in [3.05, 3.63) is 0 Å². The first-order valence-electron chi connectivity index (χ1n) is 6.07. The zero-order chi connectivity index (χ0) is 13.8. The topological polar surface area (TPSA) is 55.8 Å². The van der Waals surface area contributed by atoms with Gasteiger partial charge in [-0.15, -0.1) is 0 Å². The molecule has 0 spiro atoms. The Kier molecular flexibility index (Phi) is 5.26. The zero-order valence-electron chi connectivity index (χ0n) is 11.1. The maximum absolute atomic E-state index is 12.0. The lowest BCUT2D eigenvalue weighted by Crippen LogP contribution is -2.50. The molecule has 104 valence electrons. The van der Waals surface area contributed by atoms with Crippen LogP contribution in [0.1, 0.15) is 40.0 Å². The van der Waals surface area contributed by atoms with E-state index in [0.717, 1.165) is 12.8 Å². The second-order valence-corrected chi connectivity index (χ2v) is 5.48. The molecule has 0 unspecified atom stereocenters. The molecule has 1 heterocycles. The third-order valence-electron chi connectivity index (χ3n) is 2.60. The van der Waals surface area contributed by atoms with Gasteiger partial charge in [0.1, 0.15) is 11.6 Å². The van der Waals surface area contributed by atoms with Gasteiger partial charge < -0.3 is 9.47 Å². The minimum Gasteiger partial charge on any atom is -0.448 e. The van der Waals surface area contributed by atoms with Crippen LogP contribution in [0.4, 0.5) is 4.79 Å². The fourth-order valence-electron chi connectivity index (χ4n) is 1.87. The molecule has 5 nitrogen and oxygen atoms in total. The van der Waals surface area contributed by atoms with E-state index in [1.807, 2.05) is 0 Å². The molecule has 1 fully saturated rings. The molecule has 1 saturated heterocycles. The Labute approximate surface area is 112 Å². The van der Waals surface area contributed by atoms with Gasteiger partial charge in [-0.25, -0.2) is 9.59 Å². The molecular weight excluding hydrogens is 258 g/mol. The van der Waals surface area contributed by atoms with Crippen LogP contribution < -0.4 is 0 Å². The number of hydrogen-bond donors (Lipinski definition) is 0. The number of carbonyl (C=O) groups excluding carboxylic acids is 2. The largest absolute Gasteiger partial charge is 0.448 e.